The van der Waals surface area contributed by atoms with Crippen molar-refractivity contribution in [1.29, 1.82) is 0 Å². The molecular formula is C17H25NO. The van der Waals surface area contributed by atoms with Crippen LogP contribution in [0.15, 0.2) is 24.3 Å². The first-order chi connectivity index (χ1) is 9.33. The highest BCUT2D eigenvalue weighted by molar-refractivity contribution is 5.31. The van der Waals surface area contributed by atoms with Crippen molar-refractivity contribution in [2.75, 3.05) is 0 Å². The Morgan fingerprint density at radius 2 is 1.89 bits per heavy atom. The Balaban J connectivity index is 1.60. The number of nitrogens with two attached hydrogens (primary N) is 1. The maximum atomic E-state index is 6.22. The van der Waals surface area contributed by atoms with Crippen LogP contribution in [0.25, 0.3) is 0 Å². The summed E-state index contributed by atoms with van der Waals surface area (Å²) < 4.78 is 6.16. The lowest BCUT2D eigenvalue weighted by Gasteiger charge is -2.29. The predicted octanol–water partition coefficient (Wildman–Crippen LogP) is 3.95. The van der Waals surface area contributed by atoms with Gasteiger partial charge in [0.25, 0.3) is 0 Å². The second-order valence-corrected chi connectivity index (χ2v) is 6.14. The lowest BCUT2D eigenvalue weighted by molar-refractivity contribution is -0.0297. The van der Waals surface area contributed by atoms with Crippen molar-refractivity contribution >= 4 is 0 Å². The Kier molecular flexibility index (Phi) is 4.19. The van der Waals surface area contributed by atoms with Crippen molar-refractivity contribution in [2.24, 2.45) is 11.7 Å². The standard InChI is InChI=1S/C17H25NO/c18-17(12-13-6-1-2-7-13)19-16-11-5-9-14-8-3-4-10-15(14)16/h3-4,8,10,13,16-17H,1-2,5-7,9,11-12,18H2. The number of fused-ring (bicyclic) bond motifs is 1. The number of benzene rings is 1. The lowest BCUT2D eigenvalue weighted by Crippen LogP contribution is -2.29. The number of hydrogen-bond donors (Lipinski definition) is 1. The van der Waals surface area contributed by atoms with Crippen molar-refractivity contribution in [3.8, 4) is 0 Å². The van der Waals surface area contributed by atoms with Crippen LogP contribution in [-0.2, 0) is 11.2 Å². The van der Waals surface area contributed by atoms with Gasteiger partial charge in [-0.3, -0.25) is 0 Å². The van der Waals surface area contributed by atoms with E-state index in [0.717, 1.165) is 18.8 Å². The van der Waals surface area contributed by atoms with Gasteiger partial charge in [-0.25, -0.2) is 0 Å². The Bertz CT molecular complexity index is 411. The summed E-state index contributed by atoms with van der Waals surface area (Å²) in [6.07, 6.45) is 10.2. The number of ether oxygens (including phenoxy) is 1. The minimum absolute atomic E-state index is 0.0840. The van der Waals surface area contributed by atoms with Crippen LogP contribution in [0.1, 0.15) is 62.2 Å². The number of rotatable bonds is 4. The molecule has 1 saturated carbocycles. The Morgan fingerprint density at radius 1 is 1.11 bits per heavy atom. The topological polar surface area (TPSA) is 35.2 Å². The lowest BCUT2D eigenvalue weighted by atomic mass is 9.89. The van der Waals surface area contributed by atoms with E-state index in [1.54, 1.807) is 0 Å². The van der Waals surface area contributed by atoms with Gasteiger partial charge in [0.05, 0.1) is 6.10 Å². The summed E-state index contributed by atoms with van der Waals surface area (Å²) in [6.45, 7) is 0. The first-order valence-electron chi connectivity index (χ1n) is 7.82. The van der Waals surface area contributed by atoms with Crippen LogP contribution in [0, 0.1) is 5.92 Å². The fourth-order valence-corrected chi connectivity index (χ4v) is 3.69. The minimum atomic E-state index is -0.0840. The van der Waals surface area contributed by atoms with E-state index in [1.165, 1.54) is 49.7 Å². The summed E-state index contributed by atoms with van der Waals surface area (Å²) in [7, 11) is 0. The van der Waals surface area contributed by atoms with Crippen LogP contribution in [0.3, 0.4) is 0 Å². The van der Waals surface area contributed by atoms with Gasteiger partial charge in [-0.15, -0.1) is 0 Å². The van der Waals surface area contributed by atoms with Gasteiger partial charge in [0.1, 0.15) is 6.23 Å². The van der Waals surface area contributed by atoms with Gasteiger partial charge in [0, 0.05) is 0 Å². The fourth-order valence-electron chi connectivity index (χ4n) is 3.69. The number of aryl methyl sites for hydroxylation is 1. The smallest absolute Gasteiger partial charge is 0.106 e. The molecule has 2 unspecified atom stereocenters. The zero-order valence-electron chi connectivity index (χ0n) is 11.7. The largest absolute Gasteiger partial charge is 0.356 e. The molecule has 1 aromatic carbocycles. The molecule has 1 aromatic rings. The monoisotopic (exact) mass is 259 g/mol. The van der Waals surface area contributed by atoms with Gasteiger partial charge in [0.15, 0.2) is 0 Å². The quantitative estimate of drug-likeness (QED) is 0.831. The summed E-state index contributed by atoms with van der Waals surface area (Å²) in [5.41, 5.74) is 9.04. The Hall–Kier alpha value is -0.860. The molecule has 19 heavy (non-hydrogen) atoms. The van der Waals surface area contributed by atoms with Gasteiger partial charge in [-0.1, -0.05) is 49.9 Å². The van der Waals surface area contributed by atoms with E-state index in [-0.39, 0.29) is 12.3 Å². The van der Waals surface area contributed by atoms with Crippen molar-refractivity contribution in [2.45, 2.75) is 63.7 Å². The summed E-state index contributed by atoms with van der Waals surface area (Å²) in [5.74, 6) is 0.800. The Morgan fingerprint density at radius 3 is 2.74 bits per heavy atom. The molecule has 0 spiro atoms. The molecular weight excluding hydrogens is 234 g/mol. The number of hydrogen-bond acceptors (Lipinski definition) is 2. The highest BCUT2D eigenvalue weighted by Crippen LogP contribution is 2.34. The molecule has 2 heteroatoms. The minimum Gasteiger partial charge on any atom is -0.356 e. The third-order valence-electron chi connectivity index (χ3n) is 4.69. The molecule has 0 aliphatic heterocycles. The van der Waals surface area contributed by atoms with Crippen molar-refractivity contribution in [3.05, 3.63) is 35.4 Å². The fraction of sp³-hybridized carbons (Fsp3) is 0.647. The molecule has 2 aliphatic carbocycles. The second kappa shape index (κ2) is 6.06. The Labute approximate surface area is 116 Å². The van der Waals surface area contributed by atoms with Gasteiger partial charge < -0.3 is 10.5 Å². The molecule has 0 amide bonds. The summed E-state index contributed by atoms with van der Waals surface area (Å²) >= 11 is 0. The molecule has 0 heterocycles. The SMILES string of the molecule is NC(CC1CCCC1)OC1CCCc2ccccc21. The van der Waals surface area contributed by atoms with Crippen molar-refractivity contribution in [1.82, 2.24) is 0 Å². The predicted molar refractivity (Wildman–Crippen MR) is 77.8 cm³/mol. The van der Waals surface area contributed by atoms with E-state index in [2.05, 4.69) is 24.3 Å². The average Bonchev–Trinajstić information content (AvgIpc) is 2.92. The molecule has 2 N–H and O–H groups in total. The van der Waals surface area contributed by atoms with Crippen molar-refractivity contribution < 1.29 is 4.74 Å². The van der Waals surface area contributed by atoms with E-state index < -0.39 is 0 Å². The van der Waals surface area contributed by atoms with Crippen LogP contribution >= 0.6 is 0 Å². The van der Waals surface area contributed by atoms with E-state index in [0.29, 0.717) is 0 Å². The molecule has 2 atom stereocenters. The molecule has 3 rings (SSSR count). The maximum absolute atomic E-state index is 6.22. The van der Waals surface area contributed by atoms with E-state index in [1.807, 2.05) is 0 Å². The van der Waals surface area contributed by atoms with Crippen LogP contribution < -0.4 is 5.73 Å². The summed E-state index contributed by atoms with van der Waals surface area (Å²) in [6, 6.07) is 8.68. The van der Waals surface area contributed by atoms with Gasteiger partial charge >= 0.3 is 0 Å². The zero-order valence-corrected chi connectivity index (χ0v) is 11.7. The maximum Gasteiger partial charge on any atom is 0.106 e. The molecule has 0 aromatic heterocycles. The third-order valence-corrected chi connectivity index (χ3v) is 4.69. The normalized spacial score (nSPS) is 25.2. The van der Waals surface area contributed by atoms with E-state index in [9.17, 15) is 0 Å². The van der Waals surface area contributed by atoms with Crippen molar-refractivity contribution in [3.63, 3.8) is 0 Å². The molecule has 2 aliphatic rings. The van der Waals surface area contributed by atoms with Crippen LogP contribution in [0.2, 0.25) is 0 Å². The average molecular weight is 259 g/mol. The van der Waals surface area contributed by atoms with Gasteiger partial charge in [-0.05, 0) is 42.7 Å². The first kappa shape index (κ1) is 13.1. The highest BCUT2D eigenvalue weighted by atomic mass is 16.5. The molecule has 1 fully saturated rings. The molecule has 0 saturated heterocycles. The highest BCUT2D eigenvalue weighted by Gasteiger charge is 2.24. The van der Waals surface area contributed by atoms with Crippen LogP contribution in [0.4, 0.5) is 0 Å². The van der Waals surface area contributed by atoms with Gasteiger partial charge in [0.2, 0.25) is 0 Å². The second-order valence-electron chi connectivity index (χ2n) is 6.14. The molecule has 0 radical (unpaired) electrons. The third kappa shape index (κ3) is 3.18. The van der Waals surface area contributed by atoms with Crippen LogP contribution in [-0.4, -0.2) is 6.23 Å². The molecule has 2 nitrogen and oxygen atoms in total. The summed E-state index contributed by atoms with van der Waals surface area (Å²) in [4.78, 5) is 0. The van der Waals surface area contributed by atoms with E-state index in [4.69, 9.17) is 10.5 Å². The molecule has 0 bridgehead atoms. The van der Waals surface area contributed by atoms with Crippen LogP contribution in [0.5, 0.6) is 0 Å². The first-order valence-corrected chi connectivity index (χ1v) is 7.82. The summed E-state index contributed by atoms with van der Waals surface area (Å²) in [5, 5.41) is 0. The molecule has 104 valence electrons. The van der Waals surface area contributed by atoms with E-state index >= 15 is 0 Å². The zero-order chi connectivity index (χ0) is 13.1. The van der Waals surface area contributed by atoms with Gasteiger partial charge in [-0.2, -0.15) is 0 Å².